The Kier molecular flexibility index (Phi) is 9.15. The predicted octanol–water partition coefficient (Wildman–Crippen LogP) is 3.43. The highest BCUT2D eigenvalue weighted by atomic mass is 16.5. The number of carbonyl (C=O) groups excluding carboxylic acids is 2. The lowest BCUT2D eigenvalue weighted by Crippen LogP contribution is -2.44. The van der Waals surface area contributed by atoms with Gasteiger partial charge in [-0.2, -0.15) is 0 Å². The standard InChI is InChI=1S/C24H38N2O4/c1-24(2,3)11-14-26-12-9-18(10-13-26)17-22(27)25-21(23(28)30-5)16-19-7-6-8-20(15-19)29-4/h6-8,15,18,21H,9-14,16-17H2,1-5H3,(H,25,27)/t21-/m0/s1. The van der Waals surface area contributed by atoms with E-state index >= 15 is 0 Å². The average Bonchev–Trinajstić information content (AvgIpc) is 2.71. The smallest absolute Gasteiger partial charge is 0.328 e. The number of carbonyl (C=O) groups is 2. The highest BCUT2D eigenvalue weighted by Gasteiger charge is 2.26. The second-order valence-corrected chi connectivity index (χ2v) is 9.50. The Bertz CT molecular complexity index is 691. The van der Waals surface area contributed by atoms with Gasteiger partial charge in [0, 0.05) is 12.8 Å². The number of piperidine rings is 1. The van der Waals surface area contributed by atoms with Gasteiger partial charge in [-0.15, -0.1) is 0 Å². The lowest BCUT2D eigenvalue weighted by atomic mass is 9.90. The van der Waals surface area contributed by atoms with E-state index < -0.39 is 12.0 Å². The molecule has 1 aromatic rings. The van der Waals surface area contributed by atoms with Crippen molar-refractivity contribution in [1.82, 2.24) is 10.2 Å². The number of nitrogens with zero attached hydrogens (tertiary/aromatic N) is 1. The maximum absolute atomic E-state index is 12.6. The van der Waals surface area contributed by atoms with E-state index in [9.17, 15) is 9.59 Å². The first-order valence-corrected chi connectivity index (χ1v) is 10.9. The zero-order valence-electron chi connectivity index (χ0n) is 19.2. The van der Waals surface area contributed by atoms with Crippen LogP contribution >= 0.6 is 0 Å². The Balaban J connectivity index is 1.84. The molecule has 0 unspecified atom stereocenters. The van der Waals surface area contributed by atoms with Gasteiger partial charge in [0.2, 0.25) is 5.91 Å². The fourth-order valence-electron chi connectivity index (χ4n) is 3.79. The quantitative estimate of drug-likeness (QED) is 0.622. The van der Waals surface area contributed by atoms with Crippen LogP contribution < -0.4 is 10.1 Å². The Morgan fingerprint density at radius 1 is 1.20 bits per heavy atom. The molecule has 1 atom stereocenters. The van der Waals surface area contributed by atoms with Crippen LogP contribution in [0.5, 0.6) is 5.75 Å². The van der Waals surface area contributed by atoms with Crippen molar-refractivity contribution in [3.05, 3.63) is 29.8 Å². The van der Waals surface area contributed by atoms with Gasteiger partial charge in [0.05, 0.1) is 14.2 Å². The monoisotopic (exact) mass is 418 g/mol. The lowest BCUT2D eigenvalue weighted by molar-refractivity contribution is -0.145. The van der Waals surface area contributed by atoms with E-state index in [1.165, 1.54) is 13.5 Å². The van der Waals surface area contributed by atoms with E-state index in [2.05, 4.69) is 31.0 Å². The van der Waals surface area contributed by atoms with Crippen molar-refractivity contribution in [3.8, 4) is 5.75 Å². The van der Waals surface area contributed by atoms with Crippen LogP contribution in [0.15, 0.2) is 24.3 Å². The van der Waals surface area contributed by atoms with Crippen LogP contribution in [0, 0.1) is 11.3 Å². The first kappa shape index (κ1) is 24.2. The van der Waals surface area contributed by atoms with Gasteiger partial charge in [-0.25, -0.2) is 4.79 Å². The molecule has 1 aliphatic rings. The Labute approximate surface area is 181 Å². The third-order valence-electron chi connectivity index (χ3n) is 5.75. The molecular weight excluding hydrogens is 380 g/mol. The van der Waals surface area contributed by atoms with Crippen molar-refractivity contribution in [2.45, 2.75) is 58.9 Å². The maximum Gasteiger partial charge on any atom is 0.328 e. The minimum Gasteiger partial charge on any atom is -0.497 e. The number of hydrogen-bond donors (Lipinski definition) is 1. The molecule has 2 rings (SSSR count). The summed E-state index contributed by atoms with van der Waals surface area (Å²) in [6.45, 7) is 10.0. The van der Waals surface area contributed by atoms with E-state index in [1.54, 1.807) is 7.11 Å². The highest BCUT2D eigenvalue weighted by Crippen LogP contribution is 2.24. The molecule has 1 aliphatic heterocycles. The van der Waals surface area contributed by atoms with Crippen LogP contribution in [0.1, 0.15) is 52.0 Å². The molecule has 0 bridgehead atoms. The summed E-state index contributed by atoms with van der Waals surface area (Å²) in [5, 5.41) is 2.89. The zero-order chi connectivity index (χ0) is 22.1. The SMILES string of the molecule is COC(=O)[C@H](Cc1cccc(OC)c1)NC(=O)CC1CCN(CCC(C)(C)C)CC1. The number of hydrogen-bond acceptors (Lipinski definition) is 5. The first-order chi connectivity index (χ1) is 14.2. The van der Waals surface area contributed by atoms with Gasteiger partial charge in [0.1, 0.15) is 11.8 Å². The second kappa shape index (κ2) is 11.3. The van der Waals surface area contributed by atoms with Gasteiger partial charge < -0.3 is 19.7 Å². The van der Waals surface area contributed by atoms with E-state index in [1.807, 2.05) is 24.3 Å². The highest BCUT2D eigenvalue weighted by molar-refractivity contribution is 5.84. The first-order valence-electron chi connectivity index (χ1n) is 10.9. The molecule has 1 N–H and O–H groups in total. The predicted molar refractivity (Wildman–Crippen MR) is 118 cm³/mol. The summed E-state index contributed by atoms with van der Waals surface area (Å²) >= 11 is 0. The number of rotatable bonds is 9. The summed E-state index contributed by atoms with van der Waals surface area (Å²) in [6, 6.07) is 6.82. The van der Waals surface area contributed by atoms with Crippen LogP contribution in [-0.4, -0.2) is 56.7 Å². The van der Waals surface area contributed by atoms with Crippen molar-refractivity contribution in [2.24, 2.45) is 11.3 Å². The fourth-order valence-corrected chi connectivity index (χ4v) is 3.79. The van der Waals surface area contributed by atoms with Crippen LogP contribution in [0.2, 0.25) is 0 Å². The minimum absolute atomic E-state index is 0.0820. The number of likely N-dealkylation sites (tertiary alicyclic amines) is 1. The van der Waals surface area contributed by atoms with E-state index in [-0.39, 0.29) is 5.91 Å². The molecule has 1 fully saturated rings. The average molecular weight is 419 g/mol. The van der Waals surface area contributed by atoms with Crippen LogP contribution in [0.4, 0.5) is 0 Å². The minimum atomic E-state index is -0.693. The van der Waals surface area contributed by atoms with Crippen molar-refractivity contribution in [3.63, 3.8) is 0 Å². The number of methoxy groups -OCH3 is 2. The summed E-state index contributed by atoms with van der Waals surface area (Å²) in [5.41, 5.74) is 1.26. The number of ether oxygens (including phenoxy) is 2. The molecule has 30 heavy (non-hydrogen) atoms. The molecule has 1 amide bonds. The van der Waals surface area contributed by atoms with E-state index in [0.29, 0.717) is 24.2 Å². The molecule has 168 valence electrons. The fraction of sp³-hybridized carbons (Fsp3) is 0.667. The molecule has 0 radical (unpaired) electrons. The second-order valence-electron chi connectivity index (χ2n) is 9.50. The van der Waals surface area contributed by atoms with E-state index in [0.717, 1.165) is 43.8 Å². The summed E-state index contributed by atoms with van der Waals surface area (Å²) in [5.74, 6) is 0.580. The van der Waals surface area contributed by atoms with E-state index in [4.69, 9.17) is 9.47 Å². The summed E-state index contributed by atoms with van der Waals surface area (Å²) < 4.78 is 10.2. The lowest BCUT2D eigenvalue weighted by Gasteiger charge is -2.33. The Hall–Kier alpha value is -2.08. The third kappa shape index (κ3) is 8.34. The molecule has 6 heteroatoms. The molecule has 6 nitrogen and oxygen atoms in total. The molecule has 0 saturated carbocycles. The van der Waals surface area contributed by atoms with Gasteiger partial charge in [-0.3, -0.25) is 4.79 Å². The normalized spacial score (nSPS) is 16.7. The molecule has 1 heterocycles. The van der Waals surface area contributed by atoms with Crippen LogP contribution in [0.25, 0.3) is 0 Å². The van der Waals surface area contributed by atoms with Gasteiger partial charge in [0.15, 0.2) is 0 Å². The largest absolute Gasteiger partial charge is 0.497 e. The van der Waals surface area contributed by atoms with Gasteiger partial charge in [0.25, 0.3) is 0 Å². The van der Waals surface area contributed by atoms with Crippen molar-refractivity contribution >= 4 is 11.9 Å². The third-order valence-corrected chi connectivity index (χ3v) is 5.75. The summed E-state index contributed by atoms with van der Waals surface area (Å²) in [6.07, 6.45) is 4.06. The molecule has 1 saturated heterocycles. The molecular formula is C24H38N2O4. The summed E-state index contributed by atoms with van der Waals surface area (Å²) in [4.78, 5) is 27.4. The molecule has 0 aliphatic carbocycles. The number of esters is 1. The van der Waals surface area contributed by atoms with Gasteiger partial charge in [-0.05, 0) is 67.9 Å². The Morgan fingerprint density at radius 3 is 2.50 bits per heavy atom. The number of nitrogens with one attached hydrogen (secondary N) is 1. The Morgan fingerprint density at radius 2 is 1.90 bits per heavy atom. The van der Waals surface area contributed by atoms with Crippen LogP contribution in [-0.2, 0) is 20.7 Å². The number of amides is 1. The topological polar surface area (TPSA) is 67.9 Å². The van der Waals surface area contributed by atoms with Crippen molar-refractivity contribution in [2.75, 3.05) is 33.9 Å². The van der Waals surface area contributed by atoms with Crippen molar-refractivity contribution < 1.29 is 19.1 Å². The zero-order valence-corrected chi connectivity index (χ0v) is 19.2. The molecule has 0 aromatic heterocycles. The molecule has 1 aromatic carbocycles. The summed E-state index contributed by atoms with van der Waals surface area (Å²) in [7, 11) is 2.95. The molecule has 0 spiro atoms. The van der Waals surface area contributed by atoms with Gasteiger partial charge in [-0.1, -0.05) is 32.9 Å². The van der Waals surface area contributed by atoms with Crippen LogP contribution in [0.3, 0.4) is 0 Å². The maximum atomic E-state index is 12.6. The number of benzene rings is 1. The van der Waals surface area contributed by atoms with Crippen molar-refractivity contribution in [1.29, 1.82) is 0 Å². The van der Waals surface area contributed by atoms with Gasteiger partial charge >= 0.3 is 5.97 Å².